The zero-order valence-electron chi connectivity index (χ0n) is 10.1. The van der Waals surface area contributed by atoms with Gasteiger partial charge in [0.05, 0.1) is 5.92 Å². The first-order chi connectivity index (χ1) is 7.53. The average Bonchev–Trinajstić information content (AvgIpc) is 2.62. The lowest BCUT2D eigenvalue weighted by molar-refractivity contribution is -0.124. The maximum absolute atomic E-state index is 11.6. The summed E-state index contributed by atoms with van der Waals surface area (Å²) in [5.41, 5.74) is 0.285. The van der Waals surface area contributed by atoms with E-state index in [-0.39, 0.29) is 17.2 Å². The van der Waals surface area contributed by atoms with Gasteiger partial charge in [-0.15, -0.1) is 0 Å². The number of carbonyl (C=O) groups excluding carboxylic acids is 1. The molecule has 2 aliphatic heterocycles. The number of alkyl halides is 1. The van der Waals surface area contributed by atoms with Gasteiger partial charge in [0, 0.05) is 24.5 Å². The SMILES string of the molecule is CC(C)(CBr)CN1CCCC2C(=O)NCC21. The van der Waals surface area contributed by atoms with Crippen molar-refractivity contribution < 1.29 is 4.79 Å². The van der Waals surface area contributed by atoms with E-state index in [1.54, 1.807) is 0 Å². The van der Waals surface area contributed by atoms with Gasteiger partial charge >= 0.3 is 0 Å². The van der Waals surface area contributed by atoms with Crippen molar-refractivity contribution in [2.24, 2.45) is 11.3 Å². The summed E-state index contributed by atoms with van der Waals surface area (Å²) in [5, 5.41) is 4.01. The number of piperidine rings is 1. The van der Waals surface area contributed by atoms with Crippen molar-refractivity contribution >= 4 is 21.8 Å². The fourth-order valence-electron chi connectivity index (χ4n) is 2.83. The molecule has 2 rings (SSSR count). The zero-order valence-corrected chi connectivity index (χ0v) is 11.7. The minimum atomic E-state index is 0.250. The van der Waals surface area contributed by atoms with E-state index in [4.69, 9.17) is 0 Å². The highest BCUT2D eigenvalue weighted by molar-refractivity contribution is 9.09. The lowest BCUT2D eigenvalue weighted by atomic mass is 9.88. The zero-order chi connectivity index (χ0) is 11.8. The Balaban J connectivity index is 2.02. The summed E-state index contributed by atoms with van der Waals surface area (Å²) in [4.78, 5) is 14.1. The van der Waals surface area contributed by atoms with E-state index in [1.165, 1.54) is 0 Å². The van der Waals surface area contributed by atoms with E-state index in [0.717, 1.165) is 37.8 Å². The van der Waals surface area contributed by atoms with Crippen LogP contribution in [0.1, 0.15) is 26.7 Å². The molecule has 3 nitrogen and oxygen atoms in total. The largest absolute Gasteiger partial charge is 0.354 e. The van der Waals surface area contributed by atoms with Crippen molar-refractivity contribution in [2.45, 2.75) is 32.7 Å². The predicted molar refractivity (Wildman–Crippen MR) is 68.7 cm³/mol. The van der Waals surface area contributed by atoms with Crippen molar-refractivity contribution in [3.8, 4) is 0 Å². The van der Waals surface area contributed by atoms with Crippen LogP contribution in [0.3, 0.4) is 0 Å². The summed E-state index contributed by atoms with van der Waals surface area (Å²) in [6, 6.07) is 0.444. The Labute approximate surface area is 106 Å². The van der Waals surface area contributed by atoms with Crippen molar-refractivity contribution in [1.82, 2.24) is 10.2 Å². The summed E-state index contributed by atoms with van der Waals surface area (Å²) in [5.74, 6) is 0.520. The van der Waals surface area contributed by atoms with Crippen LogP contribution >= 0.6 is 15.9 Å². The summed E-state index contributed by atoms with van der Waals surface area (Å²) in [7, 11) is 0. The van der Waals surface area contributed by atoms with Gasteiger partial charge in [-0.2, -0.15) is 0 Å². The van der Waals surface area contributed by atoms with Crippen LogP contribution < -0.4 is 5.32 Å². The van der Waals surface area contributed by atoms with Gasteiger partial charge in [-0.05, 0) is 24.8 Å². The van der Waals surface area contributed by atoms with Gasteiger partial charge in [-0.3, -0.25) is 9.69 Å². The molecule has 4 heteroatoms. The van der Waals surface area contributed by atoms with E-state index in [1.807, 2.05) is 0 Å². The Morgan fingerprint density at radius 3 is 3.00 bits per heavy atom. The van der Waals surface area contributed by atoms with E-state index in [9.17, 15) is 4.79 Å². The highest BCUT2D eigenvalue weighted by Gasteiger charge is 2.41. The molecule has 0 radical (unpaired) electrons. The number of nitrogens with zero attached hydrogens (tertiary/aromatic N) is 1. The van der Waals surface area contributed by atoms with Crippen LogP contribution in [0.4, 0.5) is 0 Å². The van der Waals surface area contributed by atoms with Crippen molar-refractivity contribution in [3.63, 3.8) is 0 Å². The van der Waals surface area contributed by atoms with E-state index in [2.05, 4.69) is 40.0 Å². The van der Waals surface area contributed by atoms with E-state index < -0.39 is 0 Å². The van der Waals surface area contributed by atoms with Crippen LogP contribution in [0, 0.1) is 11.3 Å². The number of fused-ring (bicyclic) bond motifs is 1. The molecule has 2 fully saturated rings. The molecule has 2 aliphatic rings. The second-order valence-corrected chi connectivity index (χ2v) is 6.39. The van der Waals surface area contributed by atoms with Crippen LogP contribution in [0.2, 0.25) is 0 Å². The molecule has 16 heavy (non-hydrogen) atoms. The second-order valence-electron chi connectivity index (χ2n) is 5.83. The standard InChI is InChI=1S/C12H21BrN2O/c1-12(2,7-13)8-15-5-3-4-9-10(15)6-14-11(9)16/h9-10H,3-8H2,1-2H3,(H,14,16). The predicted octanol–water partition coefficient (Wildman–Crippen LogP) is 1.62. The quantitative estimate of drug-likeness (QED) is 0.801. The summed E-state index contributed by atoms with van der Waals surface area (Å²) in [6.45, 7) is 7.62. The molecular weight excluding hydrogens is 268 g/mol. The molecule has 0 aromatic heterocycles. The Morgan fingerprint density at radius 1 is 1.56 bits per heavy atom. The Hall–Kier alpha value is -0.0900. The third-order valence-electron chi connectivity index (χ3n) is 3.71. The molecule has 0 spiro atoms. The molecule has 1 N–H and O–H groups in total. The van der Waals surface area contributed by atoms with Gasteiger partial charge in [0.1, 0.15) is 0 Å². The normalized spacial score (nSPS) is 31.3. The number of carbonyl (C=O) groups is 1. The minimum Gasteiger partial charge on any atom is -0.354 e. The van der Waals surface area contributed by atoms with Gasteiger partial charge < -0.3 is 5.32 Å². The summed E-state index contributed by atoms with van der Waals surface area (Å²) >= 11 is 3.57. The average molecular weight is 289 g/mol. The van der Waals surface area contributed by atoms with Crippen LogP contribution in [0.15, 0.2) is 0 Å². The first-order valence-corrected chi connectivity index (χ1v) is 7.23. The maximum Gasteiger partial charge on any atom is 0.224 e. The third kappa shape index (κ3) is 2.43. The molecule has 0 aliphatic carbocycles. The van der Waals surface area contributed by atoms with E-state index >= 15 is 0 Å². The first-order valence-electron chi connectivity index (χ1n) is 6.11. The smallest absolute Gasteiger partial charge is 0.224 e. The fourth-order valence-corrected chi connectivity index (χ4v) is 3.01. The van der Waals surface area contributed by atoms with Gasteiger partial charge in [0.15, 0.2) is 0 Å². The van der Waals surface area contributed by atoms with Gasteiger partial charge in [0.2, 0.25) is 5.91 Å². The van der Waals surface area contributed by atoms with Gasteiger partial charge in [0.25, 0.3) is 0 Å². The number of likely N-dealkylation sites (tertiary alicyclic amines) is 1. The lowest BCUT2D eigenvalue weighted by Crippen LogP contribution is -2.49. The molecule has 0 bridgehead atoms. The molecule has 92 valence electrons. The molecular formula is C12H21BrN2O. The second kappa shape index (κ2) is 4.65. The number of rotatable bonds is 3. The topological polar surface area (TPSA) is 32.3 Å². The van der Waals surface area contributed by atoms with Crippen molar-refractivity contribution in [2.75, 3.05) is 25.0 Å². The number of halogens is 1. The van der Waals surface area contributed by atoms with Crippen LogP contribution in [-0.2, 0) is 4.79 Å². The molecule has 2 atom stereocenters. The Morgan fingerprint density at radius 2 is 2.31 bits per heavy atom. The highest BCUT2D eigenvalue weighted by atomic mass is 79.9. The number of hydrogen-bond acceptors (Lipinski definition) is 2. The lowest BCUT2D eigenvalue weighted by Gasteiger charge is -2.40. The molecule has 0 saturated carbocycles. The molecule has 0 aromatic rings. The monoisotopic (exact) mass is 288 g/mol. The molecule has 0 aromatic carbocycles. The van der Waals surface area contributed by atoms with Crippen LogP contribution in [0.5, 0.6) is 0 Å². The summed E-state index contributed by atoms with van der Waals surface area (Å²) in [6.07, 6.45) is 2.23. The minimum absolute atomic E-state index is 0.250. The fraction of sp³-hybridized carbons (Fsp3) is 0.917. The number of nitrogens with one attached hydrogen (secondary N) is 1. The number of amides is 1. The van der Waals surface area contributed by atoms with Crippen molar-refractivity contribution in [1.29, 1.82) is 0 Å². The van der Waals surface area contributed by atoms with Crippen LogP contribution in [0.25, 0.3) is 0 Å². The first kappa shape index (κ1) is 12.4. The highest BCUT2D eigenvalue weighted by Crippen LogP contribution is 2.30. The van der Waals surface area contributed by atoms with Crippen LogP contribution in [-0.4, -0.2) is 41.8 Å². The Kier molecular flexibility index (Phi) is 3.59. The van der Waals surface area contributed by atoms with Crippen molar-refractivity contribution in [3.05, 3.63) is 0 Å². The molecule has 2 saturated heterocycles. The molecule has 2 unspecified atom stereocenters. The third-order valence-corrected chi connectivity index (χ3v) is 5.23. The number of hydrogen-bond donors (Lipinski definition) is 1. The Bertz CT molecular complexity index is 280. The molecule has 2 heterocycles. The van der Waals surface area contributed by atoms with E-state index in [0.29, 0.717) is 6.04 Å². The van der Waals surface area contributed by atoms with Gasteiger partial charge in [-0.1, -0.05) is 29.8 Å². The molecule has 1 amide bonds. The summed E-state index contributed by atoms with van der Waals surface area (Å²) < 4.78 is 0. The van der Waals surface area contributed by atoms with Gasteiger partial charge in [-0.25, -0.2) is 0 Å². The maximum atomic E-state index is 11.6.